The average Bonchev–Trinajstić information content (AvgIpc) is 3.19. The number of carbonyl (C=O) groups excluding carboxylic acids is 1. The number of anilines is 2. The van der Waals surface area contributed by atoms with Crippen LogP contribution in [0.3, 0.4) is 0 Å². The molecule has 3 heterocycles. The third-order valence-corrected chi connectivity index (χ3v) is 6.09. The number of hydrogen-bond donors (Lipinski definition) is 2. The van der Waals surface area contributed by atoms with Crippen LogP contribution in [0.1, 0.15) is 24.2 Å². The largest absolute Gasteiger partial charge is 0.495 e. The van der Waals surface area contributed by atoms with Crippen molar-refractivity contribution in [1.29, 1.82) is 0 Å². The molecule has 7 nitrogen and oxygen atoms in total. The van der Waals surface area contributed by atoms with Crippen LogP contribution in [0.15, 0.2) is 41.1 Å². The van der Waals surface area contributed by atoms with Crippen LogP contribution in [-0.4, -0.2) is 60.1 Å². The maximum atomic E-state index is 13.2. The Kier molecular flexibility index (Phi) is 5.85. The highest BCUT2D eigenvalue weighted by Gasteiger charge is 2.26. The van der Waals surface area contributed by atoms with Gasteiger partial charge in [-0.1, -0.05) is 0 Å². The fourth-order valence-electron chi connectivity index (χ4n) is 3.84. The van der Waals surface area contributed by atoms with Gasteiger partial charge in [-0.3, -0.25) is 4.79 Å². The number of aromatic amines is 1. The summed E-state index contributed by atoms with van der Waals surface area (Å²) in [6.07, 6.45) is 3.60. The molecule has 4 rings (SSSR count). The second kappa shape index (κ2) is 8.55. The van der Waals surface area contributed by atoms with Crippen molar-refractivity contribution >= 4 is 44.2 Å². The summed E-state index contributed by atoms with van der Waals surface area (Å²) < 4.78 is 6.17. The average molecular weight is 472 g/mol. The number of piperazine rings is 1. The first-order valence-electron chi connectivity index (χ1n) is 10.1. The van der Waals surface area contributed by atoms with Crippen molar-refractivity contribution in [2.24, 2.45) is 0 Å². The van der Waals surface area contributed by atoms with E-state index in [0.717, 1.165) is 45.7 Å². The van der Waals surface area contributed by atoms with Crippen molar-refractivity contribution in [1.82, 2.24) is 14.9 Å². The lowest BCUT2D eigenvalue weighted by Crippen LogP contribution is -2.49. The van der Waals surface area contributed by atoms with E-state index >= 15 is 0 Å². The number of nitrogens with one attached hydrogen (secondary N) is 2. The van der Waals surface area contributed by atoms with E-state index in [1.807, 2.05) is 29.3 Å². The van der Waals surface area contributed by atoms with Crippen LogP contribution in [0.5, 0.6) is 5.75 Å². The molecule has 2 N–H and O–H groups in total. The second-order valence-corrected chi connectivity index (χ2v) is 8.45. The molecule has 0 bridgehead atoms. The summed E-state index contributed by atoms with van der Waals surface area (Å²) in [6.45, 7) is 7.02. The zero-order valence-corrected chi connectivity index (χ0v) is 19.0. The molecule has 0 aliphatic carbocycles. The minimum absolute atomic E-state index is 0.0412. The van der Waals surface area contributed by atoms with E-state index in [1.165, 1.54) is 0 Å². The molecule has 1 saturated heterocycles. The number of amides is 1. The summed E-state index contributed by atoms with van der Waals surface area (Å²) in [7, 11) is 1.63. The van der Waals surface area contributed by atoms with Crippen molar-refractivity contribution in [2.45, 2.75) is 19.9 Å². The molecule has 1 amide bonds. The van der Waals surface area contributed by atoms with Gasteiger partial charge in [0.1, 0.15) is 5.75 Å². The van der Waals surface area contributed by atoms with E-state index in [4.69, 9.17) is 4.74 Å². The highest BCUT2D eigenvalue weighted by atomic mass is 79.9. The Labute approximate surface area is 184 Å². The van der Waals surface area contributed by atoms with Crippen LogP contribution in [0.2, 0.25) is 0 Å². The van der Waals surface area contributed by atoms with Gasteiger partial charge >= 0.3 is 0 Å². The number of fused-ring (bicyclic) bond motifs is 1. The molecule has 0 unspecified atom stereocenters. The Balaban J connectivity index is 1.49. The van der Waals surface area contributed by atoms with Gasteiger partial charge in [0.15, 0.2) is 5.82 Å². The number of methoxy groups -OCH3 is 1. The normalized spacial score (nSPS) is 14.4. The number of pyridine rings is 1. The molecule has 0 spiro atoms. The van der Waals surface area contributed by atoms with E-state index in [-0.39, 0.29) is 5.91 Å². The van der Waals surface area contributed by atoms with E-state index in [2.05, 4.69) is 56.0 Å². The Hall–Kier alpha value is -2.74. The summed E-state index contributed by atoms with van der Waals surface area (Å²) in [5.74, 6) is 1.72. The quantitative estimate of drug-likeness (QED) is 0.585. The fraction of sp³-hybridized carbons (Fsp3) is 0.364. The third kappa shape index (κ3) is 3.84. The molecule has 1 fully saturated rings. The standard InChI is InChI=1S/C22H26BrN5O2/c1-14(2)26-17-5-4-8-24-21(17)27-9-11-28(12-10-27)22(29)16-13-25-20-15(16)6-7-18(30-3)19(20)23/h4-8,13-14,25-26H,9-12H2,1-3H3. The molecule has 0 atom stereocenters. The monoisotopic (exact) mass is 471 g/mol. The third-order valence-electron chi connectivity index (χ3n) is 5.31. The smallest absolute Gasteiger partial charge is 0.256 e. The van der Waals surface area contributed by atoms with Gasteiger partial charge in [-0.2, -0.15) is 0 Å². The number of H-pyrrole nitrogens is 1. The first-order valence-corrected chi connectivity index (χ1v) is 10.9. The molecule has 2 aromatic heterocycles. The van der Waals surface area contributed by atoms with Gasteiger partial charge in [-0.25, -0.2) is 4.98 Å². The minimum atomic E-state index is 0.0412. The van der Waals surface area contributed by atoms with E-state index in [9.17, 15) is 4.79 Å². The summed E-state index contributed by atoms with van der Waals surface area (Å²) in [5, 5.41) is 4.35. The first kappa shape index (κ1) is 20.5. The van der Waals surface area contributed by atoms with Gasteiger partial charge in [0.2, 0.25) is 0 Å². The van der Waals surface area contributed by atoms with Crippen molar-refractivity contribution in [3.8, 4) is 5.75 Å². The van der Waals surface area contributed by atoms with E-state index in [1.54, 1.807) is 13.3 Å². The Bertz CT molecular complexity index is 1060. The molecule has 0 saturated carbocycles. The summed E-state index contributed by atoms with van der Waals surface area (Å²) in [6, 6.07) is 8.13. The lowest BCUT2D eigenvalue weighted by Gasteiger charge is -2.36. The minimum Gasteiger partial charge on any atom is -0.495 e. The predicted octanol–water partition coefficient (Wildman–Crippen LogP) is 4.12. The van der Waals surface area contributed by atoms with Crippen LogP contribution in [-0.2, 0) is 0 Å². The van der Waals surface area contributed by atoms with Crippen molar-refractivity contribution in [2.75, 3.05) is 43.5 Å². The van der Waals surface area contributed by atoms with Crippen LogP contribution in [0.25, 0.3) is 10.9 Å². The SMILES string of the molecule is COc1ccc2c(C(=O)N3CCN(c4ncccc4NC(C)C)CC3)c[nH]c2c1Br. The zero-order chi connectivity index (χ0) is 21.3. The summed E-state index contributed by atoms with van der Waals surface area (Å²) in [5.41, 5.74) is 2.58. The number of hydrogen-bond acceptors (Lipinski definition) is 5. The molecular weight excluding hydrogens is 446 g/mol. The Morgan fingerprint density at radius 1 is 1.23 bits per heavy atom. The molecule has 1 aliphatic rings. The van der Waals surface area contributed by atoms with Crippen LogP contribution in [0.4, 0.5) is 11.5 Å². The molecule has 30 heavy (non-hydrogen) atoms. The molecule has 158 valence electrons. The number of carbonyl (C=O) groups is 1. The van der Waals surface area contributed by atoms with Gasteiger partial charge in [-0.15, -0.1) is 0 Å². The second-order valence-electron chi connectivity index (χ2n) is 7.66. The van der Waals surface area contributed by atoms with Gasteiger partial charge in [0, 0.05) is 50.0 Å². The lowest BCUT2D eigenvalue weighted by molar-refractivity contribution is 0.0748. The number of halogens is 1. The first-order chi connectivity index (χ1) is 14.5. The number of rotatable bonds is 5. The predicted molar refractivity (Wildman–Crippen MR) is 124 cm³/mol. The Morgan fingerprint density at radius 3 is 2.70 bits per heavy atom. The van der Waals surface area contributed by atoms with E-state index < -0.39 is 0 Å². The number of aromatic nitrogens is 2. The maximum absolute atomic E-state index is 13.2. The number of nitrogens with zero attached hydrogens (tertiary/aromatic N) is 3. The van der Waals surface area contributed by atoms with Gasteiger partial charge in [-0.05, 0) is 54.0 Å². The van der Waals surface area contributed by atoms with Crippen molar-refractivity contribution < 1.29 is 9.53 Å². The lowest BCUT2D eigenvalue weighted by atomic mass is 10.1. The fourth-order valence-corrected chi connectivity index (χ4v) is 4.47. The van der Waals surface area contributed by atoms with Gasteiger partial charge in [0.25, 0.3) is 5.91 Å². The summed E-state index contributed by atoms with van der Waals surface area (Å²) in [4.78, 5) is 25.2. The highest BCUT2D eigenvalue weighted by molar-refractivity contribution is 9.10. The molecular formula is C22H26BrN5O2. The molecule has 1 aromatic carbocycles. The van der Waals surface area contributed by atoms with Crippen molar-refractivity contribution in [3.63, 3.8) is 0 Å². The topological polar surface area (TPSA) is 73.5 Å². The van der Waals surface area contributed by atoms with E-state index in [0.29, 0.717) is 24.7 Å². The molecule has 8 heteroatoms. The number of ether oxygens (including phenoxy) is 1. The van der Waals surface area contributed by atoms with Crippen LogP contribution >= 0.6 is 15.9 Å². The van der Waals surface area contributed by atoms with Gasteiger partial charge < -0.3 is 24.8 Å². The van der Waals surface area contributed by atoms with Crippen LogP contribution < -0.4 is 15.0 Å². The molecule has 1 aliphatic heterocycles. The zero-order valence-electron chi connectivity index (χ0n) is 17.4. The maximum Gasteiger partial charge on any atom is 0.256 e. The number of benzene rings is 1. The molecule has 3 aromatic rings. The highest BCUT2D eigenvalue weighted by Crippen LogP contribution is 2.34. The molecule has 0 radical (unpaired) electrons. The van der Waals surface area contributed by atoms with Gasteiger partial charge in [0.05, 0.1) is 28.4 Å². The Morgan fingerprint density at radius 2 is 2.00 bits per heavy atom. The van der Waals surface area contributed by atoms with Crippen molar-refractivity contribution in [3.05, 3.63) is 46.7 Å². The summed E-state index contributed by atoms with van der Waals surface area (Å²) >= 11 is 3.56. The van der Waals surface area contributed by atoms with Crippen LogP contribution in [0, 0.1) is 0 Å².